The lowest BCUT2D eigenvalue weighted by Gasteiger charge is -2.36. The molecule has 45 heavy (non-hydrogen) atoms. The molecule has 10 nitrogen and oxygen atoms in total. The average molecular weight is 645 g/mol. The van der Waals surface area contributed by atoms with E-state index in [0.717, 1.165) is 90.1 Å². The van der Waals surface area contributed by atoms with Crippen LogP contribution in [0, 0.1) is 11.8 Å². The molecule has 0 aromatic carbocycles. The average Bonchev–Trinajstić information content (AvgIpc) is 3.55. The number of piperidine rings is 1. The van der Waals surface area contributed by atoms with E-state index in [9.17, 15) is 22.0 Å². The van der Waals surface area contributed by atoms with Gasteiger partial charge in [0.1, 0.15) is 11.5 Å². The third-order valence-electron chi connectivity index (χ3n) is 9.81. The summed E-state index contributed by atoms with van der Waals surface area (Å²) in [5.41, 5.74) is 0.377. The van der Waals surface area contributed by atoms with E-state index in [4.69, 9.17) is 4.18 Å². The van der Waals surface area contributed by atoms with Crippen LogP contribution in [0.3, 0.4) is 0 Å². The monoisotopic (exact) mass is 644 g/mol. The highest BCUT2D eigenvalue weighted by atomic mass is 32.2. The number of nitrogens with one attached hydrogen (secondary N) is 1. The third-order valence-corrected chi connectivity index (χ3v) is 10.4. The van der Waals surface area contributed by atoms with Gasteiger partial charge in [-0.2, -0.15) is 13.4 Å². The summed E-state index contributed by atoms with van der Waals surface area (Å²) >= 11 is 0. The Bertz CT molecular complexity index is 1630. The summed E-state index contributed by atoms with van der Waals surface area (Å²) in [6.45, 7) is 3.49. The van der Waals surface area contributed by atoms with Crippen LogP contribution in [0.1, 0.15) is 93.7 Å². The molecule has 3 aliphatic rings. The zero-order valence-corrected chi connectivity index (χ0v) is 26.5. The number of anilines is 2. The molecule has 0 unspecified atom stereocenters. The Morgan fingerprint density at radius 1 is 0.978 bits per heavy atom. The highest BCUT2D eigenvalue weighted by Gasteiger charge is 2.28. The van der Waals surface area contributed by atoms with Crippen LogP contribution in [0.25, 0.3) is 11.0 Å². The molecule has 1 saturated heterocycles. The lowest BCUT2D eigenvalue weighted by molar-refractivity contribution is 0.135. The van der Waals surface area contributed by atoms with Gasteiger partial charge in [-0.25, -0.2) is 18.7 Å². The molecule has 2 aliphatic carbocycles. The smallest absolute Gasteiger partial charge is 0.269 e. The molecule has 3 aromatic rings. The molecule has 3 aromatic heterocycles. The maximum atomic E-state index is 13.6. The van der Waals surface area contributed by atoms with Gasteiger partial charge in [-0.15, -0.1) is 0 Å². The molecular weight excluding hydrogens is 602 g/mol. The van der Waals surface area contributed by atoms with Gasteiger partial charge >= 0.3 is 0 Å². The Labute approximate surface area is 262 Å². The van der Waals surface area contributed by atoms with Crippen molar-refractivity contribution in [2.75, 3.05) is 37.8 Å². The molecule has 0 bridgehead atoms. The van der Waals surface area contributed by atoms with Gasteiger partial charge in [0.05, 0.1) is 18.4 Å². The quantitative estimate of drug-likeness (QED) is 0.267. The Morgan fingerprint density at radius 3 is 2.33 bits per heavy atom. The van der Waals surface area contributed by atoms with E-state index in [1.807, 2.05) is 12.3 Å². The number of hydrogen-bond donors (Lipinski definition) is 1. The number of halogens is 2. The van der Waals surface area contributed by atoms with Crippen molar-refractivity contribution in [3.8, 4) is 0 Å². The molecule has 4 heterocycles. The summed E-state index contributed by atoms with van der Waals surface area (Å²) < 4.78 is 56.3. The number of likely N-dealkylation sites (tertiary alicyclic amines) is 1. The fourth-order valence-electron chi connectivity index (χ4n) is 7.31. The number of aromatic nitrogens is 4. The second-order valence-electron chi connectivity index (χ2n) is 13.0. The van der Waals surface area contributed by atoms with Gasteiger partial charge in [0.15, 0.2) is 0 Å². The van der Waals surface area contributed by atoms with Gasteiger partial charge in [0, 0.05) is 30.4 Å². The van der Waals surface area contributed by atoms with Crippen LogP contribution in [0.5, 0.6) is 0 Å². The van der Waals surface area contributed by atoms with Gasteiger partial charge < -0.3 is 10.2 Å². The lowest BCUT2D eigenvalue weighted by Crippen LogP contribution is -2.37. The van der Waals surface area contributed by atoms with Crippen molar-refractivity contribution in [1.29, 1.82) is 0 Å². The van der Waals surface area contributed by atoms with E-state index >= 15 is 0 Å². The predicted octanol–water partition coefficient (Wildman–Crippen LogP) is 5.94. The summed E-state index contributed by atoms with van der Waals surface area (Å²) in [5.74, 6) is 2.27. The summed E-state index contributed by atoms with van der Waals surface area (Å²) in [6, 6.07) is 5.06. The van der Waals surface area contributed by atoms with Crippen molar-refractivity contribution in [1.82, 2.24) is 24.4 Å². The van der Waals surface area contributed by atoms with Crippen LogP contribution < -0.4 is 10.9 Å². The lowest BCUT2D eigenvalue weighted by atomic mass is 9.81. The van der Waals surface area contributed by atoms with Crippen molar-refractivity contribution < 1.29 is 21.4 Å². The zero-order chi connectivity index (χ0) is 31.6. The molecule has 0 spiro atoms. The van der Waals surface area contributed by atoms with Crippen molar-refractivity contribution in [2.24, 2.45) is 11.8 Å². The predicted molar refractivity (Wildman–Crippen MR) is 168 cm³/mol. The normalized spacial score (nSPS) is 22.4. The second kappa shape index (κ2) is 13.8. The minimum atomic E-state index is -3.37. The van der Waals surface area contributed by atoms with E-state index in [1.165, 1.54) is 22.4 Å². The summed E-state index contributed by atoms with van der Waals surface area (Å²) in [7, 11) is -3.37. The van der Waals surface area contributed by atoms with Crippen LogP contribution in [0.4, 0.5) is 20.5 Å². The molecule has 0 atom stereocenters. The maximum Gasteiger partial charge on any atom is 0.269 e. The minimum Gasteiger partial charge on any atom is -0.309 e. The first-order valence-electron chi connectivity index (χ1n) is 16.1. The molecule has 0 amide bonds. The Kier molecular flexibility index (Phi) is 9.76. The third kappa shape index (κ3) is 7.86. The van der Waals surface area contributed by atoms with Gasteiger partial charge in [-0.3, -0.25) is 13.5 Å². The summed E-state index contributed by atoms with van der Waals surface area (Å²) in [5, 5.41) is 3.55. The minimum absolute atomic E-state index is 0.144. The van der Waals surface area contributed by atoms with E-state index < -0.39 is 27.7 Å². The number of alkyl halides is 2. The van der Waals surface area contributed by atoms with Crippen LogP contribution >= 0.6 is 0 Å². The van der Waals surface area contributed by atoms with Gasteiger partial charge in [0.2, 0.25) is 5.95 Å². The molecule has 2 saturated carbocycles. The number of fused-ring (bicyclic) bond motifs is 1. The van der Waals surface area contributed by atoms with Crippen molar-refractivity contribution >= 4 is 32.9 Å². The number of nitrogens with zero attached hydrogens (tertiary/aromatic N) is 5. The van der Waals surface area contributed by atoms with E-state index in [0.29, 0.717) is 41.2 Å². The number of hydrogen-bond acceptors (Lipinski definition) is 9. The molecule has 6 rings (SSSR count). The largest absolute Gasteiger partial charge is 0.309 e. The van der Waals surface area contributed by atoms with Crippen molar-refractivity contribution in [2.45, 2.75) is 82.6 Å². The first-order valence-corrected chi connectivity index (χ1v) is 17.9. The van der Waals surface area contributed by atoms with Gasteiger partial charge in [0.25, 0.3) is 22.1 Å². The summed E-state index contributed by atoms with van der Waals surface area (Å²) in [6.07, 6.45) is 11.5. The molecular formula is C32H42F2N6O4S. The standard InChI is InChI=1S/C32H42F2N6O4S/c1-45(42,43)44-20-22-8-6-21(7-9-22)19-39-14-12-23(13-15-39)24-10-11-28(35-17-24)37-32-36-18-25-16-27(29(33)34)31(41)40(30(25)38-32)26-4-2-3-5-26/h10-11,16-18,21-23,26,29H,2-9,12-15,19-20H2,1H3,(H,35,36,37,38). The highest BCUT2D eigenvalue weighted by molar-refractivity contribution is 7.85. The van der Waals surface area contributed by atoms with E-state index in [-0.39, 0.29) is 12.0 Å². The molecule has 1 aliphatic heterocycles. The fraction of sp³-hybridized carbons (Fsp3) is 0.625. The summed E-state index contributed by atoms with van der Waals surface area (Å²) in [4.78, 5) is 29.1. The first-order chi connectivity index (χ1) is 21.6. The molecule has 244 valence electrons. The van der Waals surface area contributed by atoms with Gasteiger partial charge in [-0.1, -0.05) is 18.9 Å². The van der Waals surface area contributed by atoms with Crippen LogP contribution in [-0.4, -0.2) is 65.3 Å². The second-order valence-corrected chi connectivity index (χ2v) is 14.7. The van der Waals surface area contributed by atoms with Crippen LogP contribution in [0.15, 0.2) is 35.4 Å². The number of pyridine rings is 2. The van der Waals surface area contributed by atoms with Crippen molar-refractivity contribution in [3.63, 3.8) is 0 Å². The number of rotatable bonds is 10. The Hall–Kier alpha value is -3.03. The van der Waals surface area contributed by atoms with Crippen LogP contribution in [0.2, 0.25) is 0 Å². The molecule has 3 fully saturated rings. The zero-order valence-electron chi connectivity index (χ0n) is 25.7. The van der Waals surface area contributed by atoms with Crippen LogP contribution in [-0.2, 0) is 14.3 Å². The Morgan fingerprint density at radius 2 is 1.69 bits per heavy atom. The molecule has 0 radical (unpaired) electrons. The maximum absolute atomic E-state index is 13.6. The van der Waals surface area contributed by atoms with E-state index in [1.54, 1.807) is 0 Å². The first kappa shape index (κ1) is 31.9. The topological polar surface area (TPSA) is 119 Å². The SMILES string of the molecule is CS(=O)(=O)OCC1CCC(CN2CCC(c3ccc(Nc4ncc5cc(C(F)F)c(=O)n(C6CCCC6)c5n4)nc3)CC2)CC1. The molecule has 13 heteroatoms. The van der Waals surface area contributed by atoms with Crippen molar-refractivity contribution in [3.05, 3.63) is 52.1 Å². The van der Waals surface area contributed by atoms with E-state index in [2.05, 4.69) is 31.2 Å². The van der Waals surface area contributed by atoms with Gasteiger partial charge in [-0.05, 0) is 99.9 Å². The highest BCUT2D eigenvalue weighted by Crippen LogP contribution is 2.34. The Balaban J connectivity index is 1.04. The molecule has 1 N–H and O–H groups in total. The fourth-order valence-corrected chi connectivity index (χ4v) is 7.75.